The molecule has 0 unspecified atom stereocenters. The van der Waals surface area contributed by atoms with Crippen LogP contribution in [0.1, 0.15) is 22.3 Å². The van der Waals surface area contributed by atoms with Gasteiger partial charge in [-0.15, -0.1) is 0 Å². The Hall–Kier alpha value is -1.27. The largest absolute Gasteiger partial charge is 0.385 e. The predicted molar refractivity (Wildman–Crippen MR) is 95.4 cm³/mol. The Bertz CT molecular complexity index is 703. The van der Waals surface area contributed by atoms with Crippen molar-refractivity contribution in [2.75, 3.05) is 17.2 Å². The predicted octanol–water partition coefficient (Wildman–Crippen LogP) is 4.56. The Morgan fingerprint density at radius 2 is 2.10 bits per heavy atom. The highest BCUT2D eigenvalue weighted by Gasteiger charge is 2.12. The molecule has 3 nitrogen and oxygen atoms in total. The van der Waals surface area contributed by atoms with Gasteiger partial charge in [0.2, 0.25) is 0 Å². The summed E-state index contributed by atoms with van der Waals surface area (Å²) >= 11 is 8.20. The van der Waals surface area contributed by atoms with Crippen LogP contribution in [0.5, 0.6) is 0 Å². The standard InChI is InChI=1S/C16H14ClIN2O/c17-13-8-11(4-6-14(13)18)16(21)20-12-5-3-10-2-1-7-19-15(10)9-12/h3-6,8-9,19H,1-2,7H2,(H,20,21). The number of hydrogen-bond donors (Lipinski definition) is 2. The third-order valence-corrected chi connectivity index (χ3v) is 5.06. The summed E-state index contributed by atoms with van der Waals surface area (Å²) in [7, 11) is 0. The summed E-state index contributed by atoms with van der Waals surface area (Å²) in [5, 5.41) is 6.87. The van der Waals surface area contributed by atoms with Crippen LogP contribution in [0.15, 0.2) is 36.4 Å². The number of hydrogen-bond acceptors (Lipinski definition) is 2. The highest BCUT2D eigenvalue weighted by atomic mass is 127. The summed E-state index contributed by atoms with van der Waals surface area (Å²) in [6.45, 7) is 0.983. The lowest BCUT2D eigenvalue weighted by atomic mass is 10.0. The zero-order valence-corrected chi connectivity index (χ0v) is 14.2. The van der Waals surface area contributed by atoms with E-state index in [0.717, 1.165) is 34.3 Å². The van der Waals surface area contributed by atoms with E-state index in [2.05, 4.69) is 39.3 Å². The number of fused-ring (bicyclic) bond motifs is 1. The molecule has 0 aliphatic carbocycles. The van der Waals surface area contributed by atoms with Gasteiger partial charge in [0.25, 0.3) is 5.91 Å². The van der Waals surface area contributed by atoms with Crippen LogP contribution in [0.2, 0.25) is 5.02 Å². The van der Waals surface area contributed by atoms with Crippen LogP contribution < -0.4 is 10.6 Å². The number of halogens is 2. The average Bonchev–Trinajstić information content (AvgIpc) is 2.50. The van der Waals surface area contributed by atoms with E-state index in [9.17, 15) is 4.79 Å². The molecule has 1 amide bonds. The molecule has 0 fully saturated rings. The molecule has 2 aromatic rings. The molecule has 2 N–H and O–H groups in total. The third-order valence-electron chi connectivity index (χ3n) is 3.49. The van der Waals surface area contributed by atoms with Crippen molar-refractivity contribution >= 4 is 51.5 Å². The van der Waals surface area contributed by atoms with E-state index in [1.807, 2.05) is 18.2 Å². The molecule has 2 aromatic carbocycles. The maximum atomic E-state index is 12.3. The van der Waals surface area contributed by atoms with Crippen molar-refractivity contribution < 1.29 is 4.79 Å². The SMILES string of the molecule is O=C(Nc1ccc2c(c1)NCCC2)c1ccc(I)c(Cl)c1. The van der Waals surface area contributed by atoms with Crippen LogP contribution in [0, 0.1) is 3.57 Å². The molecule has 0 radical (unpaired) electrons. The fourth-order valence-electron chi connectivity index (χ4n) is 2.38. The van der Waals surface area contributed by atoms with Gasteiger partial charge in [-0.25, -0.2) is 0 Å². The molecule has 0 spiro atoms. The number of nitrogens with one attached hydrogen (secondary N) is 2. The average molecular weight is 413 g/mol. The second kappa shape index (κ2) is 6.23. The fourth-order valence-corrected chi connectivity index (χ4v) is 2.90. The molecule has 1 aliphatic heterocycles. The van der Waals surface area contributed by atoms with Crippen LogP contribution in [-0.4, -0.2) is 12.5 Å². The summed E-state index contributed by atoms with van der Waals surface area (Å²) in [5.41, 5.74) is 3.77. The van der Waals surface area contributed by atoms with Gasteiger partial charge in [0.15, 0.2) is 0 Å². The van der Waals surface area contributed by atoms with E-state index >= 15 is 0 Å². The number of aryl methyl sites for hydroxylation is 1. The third kappa shape index (κ3) is 3.32. The molecular weight excluding hydrogens is 399 g/mol. The van der Waals surface area contributed by atoms with E-state index in [1.54, 1.807) is 12.1 Å². The molecule has 0 saturated heterocycles. The molecule has 0 bridgehead atoms. The number of anilines is 2. The molecule has 21 heavy (non-hydrogen) atoms. The minimum absolute atomic E-state index is 0.149. The van der Waals surface area contributed by atoms with Crippen molar-refractivity contribution in [1.29, 1.82) is 0 Å². The Labute approximate surface area is 142 Å². The number of amides is 1. The summed E-state index contributed by atoms with van der Waals surface area (Å²) in [6.07, 6.45) is 2.24. The first-order chi connectivity index (χ1) is 10.1. The monoisotopic (exact) mass is 412 g/mol. The van der Waals surface area contributed by atoms with Gasteiger partial charge in [-0.3, -0.25) is 4.79 Å². The van der Waals surface area contributed by atoms with Gasteiger partial charge in [-0.2, -0.15) is 0 Å². The van der Waals surface area contributed by atoms with Crippen molar-refractivity contribution in [3.05, 3.63) is 56.1 Å². The highest BCUT2D eigenvalue weighted by molar-refractivity contribution is 14.1. The van der Waals surface area contributed by atoms with Crippen molar-refractivity contribution in [1.82, 2.24) is 0 Å². The number of benzene rings is 2. The van der Waals surface area contributed by atoms with E-state index in [1.165, 1.54) is 5.56 Å². The van der Waals surface area contributed by atoms with Gasteiger partial charge in [-0.1, -0.05) is 17.7 Å². The summed E-state index contributed by atoms with van der Waals surface area (Å²) in [5.74, 6) is -0.149. The molecule has 5 heteroatoms. The summed E-state index contributed by atoms with van der Waals surface area (Å²) < 4.78 is 0.934. The van der Waals surface area contributed by atoms with Gasteiger partial charge in [0.05, 0.1) is 5.02 Å². The Morgan fingerprint density at radius 3 is 2.90 bits per heavy atom. The number of rotatable bonds is 2. The summed E-state index contributed by atoms with van der Waals surface area (Å²) in [4.78, 5) is 12.3. The van der Waals surface area contributed by atoms with Gasteiger partial charge in [-0.05, 0) is 71.3 Å². The van der Waals surface area contributed by atoms with Gasteiger partial charge >= 0.3 is 0 Å². The molecule has 3 rings (SSSR count). The normalized spacial score (nSPS) is 13.2. The Balaban J connectivity index is 1.79. The molecule has 1 aliphatic rings. The van der Waals surface area contributed by atoms with Crippen molar-refractivity contribution in [2.24, 2.45) is 0 Å². The van der Waals surface area contributed by atoms with Crippen LogP contribution in [0.4, 0.5) is 11.4 Å². The maximum Gasteiger partial charge on any atom is 0.255 e. The molecular formula is C16H14ClIN2O. The quantitative estimate of drug-likeness (QED) is 0.710. The first kappa shape index (κ1) is 14.7. The summed E-state index contributed by atoms with van der Waals surface area (Å²) in [6, 6.07) is 11.3. The number of carbonyl (C=O) groups excluding carboxylic acids is 1. The van der Waals surface area contributed by atoms with Crippen LogP contribution in [-0.2, 0) is 6.42 Å². The smallest absolute Gasteiger partial charge is 0.255 e. The van der Waals surface area contributed by atoms with Gasteiger partial charge < -0.3 is 10.6 Å². The lowest BCUT2D eigenvalue weighted by molar-refractivity contribution is 0.102. The van der Waals surface area contributed by atoms with Crippen molar-refractivity contribution in [3.63, 3.8) is 0 Å². The van der Waals surface area contributed by atoms with Crippen LogP contribution in [0.25, 0.3) is 0 Å². The Morgan fingerprint density at radius 1 is 1.24 bits per heavy atom. The highest BCUT2D eigenvalue weighted by Crippen LogP contribution is 2.26. The zero-order chi connectivity index (χ0) is 14.8. The number of carbonyl (C=O) groups is 1. The topological polar surface area (TPSA) is 41.1 Å². The molecule has 1 heterocycles. The molecule has 0 atom stereocenters. The second-order valence-electron chi connectivity index (χ2n) is 4.99. The van der Waals surface area contributed by atoms with E-state index < -0.39 is 0 Å². The van der Waals surface area contributed by atoms with E-state index in [-0.39, 0.29) is 5.91 Å². The minimum Gasteiger partial charge on any atom is -0.385 e. The zero-order valence-electron chi connectivity index (χ0n) is 11.2. The lowest BCUT2D eigenvalue weighted by Gasteiger charge is -2.19. The van der Waals surface area contributed by atoms with Crippen molar-refractivity contribution in [3.8, 4) is 0 Å². The van der Waals surface area contributed by atoms with Crippen molar-refractivity contribution in [2.45, 2.75) is 12.8 Å². The van der Waals surface area contributed by atoms with E-state index in [0.29, 0.717) is 10.6 Å². The van der Waals surface area contributed by atoms with Crippen LogP contribution in [0.3, 0.4) is 0 Å². The second-order valence-corrected chi connectivity index (χ2v) is 6.55. The Kier molecular flexibility index (Phi) is 4.35. The first-order valence-electron chi connectivity index (χ1n) is 6.77. The van der Waals surface area contributed by atoms with Gasteiger partial charge in [0, 0.05) is 27.1 Å². The molecule has 108 valence electrons. The molecule has 0 aromatic heterocycles. The van der Waals surface area contributed by atoms with Gasteiger partial charge in [0.1, 0.15) is 0 Å². The van der Waals surface area contributed by atoms with Crippen LogP contribution >= 0.6 is 34.2 Å². The fraction of sp³-hybridized carbons (Fsp3) is 0.188. The minimum atomic E-state index is -0.149. The maximum absolute atomic E-state index is 12.3. The molecule has 0 saturated carbocycles. The van der Waals surface area contributed by atoms with E-state index in [4.69, 9.17) is 11.6 Å². The lowest BCUT2D eigenvalue weighted by Crippen LogP contribution is -2.14. The first-order valence-corrected chi connectivity index (χ1v) is 8.22.